The molecular formula is C9H8Br2N4O. The van der Waals surface area contributed by atoms with Crippen molar-refractivity contribution in [3.63, 3.8) is 0 Å². The summed E-state index contributed by atoms with van der Waals surface area (Å²) in [6.45, 7) is 0. The van der Waals surface area contributed by atoms with E-state index >= 15 is 0 Å². The molecule has 1 aromatic heterocycles. The molecule has 0 aliphatic heterocycles. The summed E-state index contributed by atoms with van der Waals surface area (Å²) in [7, 11) is 0. The molecule has 0 aliphatic carbocycles. The van der Waals surface area contributed by atoms with E-state index in [0.29, 0.717) is 15.0 Å². The van der Waals surface area contributed by atoms with E-state index in [0.717, 1.165) is 0 Å². The first-order valence-corrected chi connectivity index (χ1v) is 5.81. The Kier molecular flexibility index (Phi) is 4.86. The fourth-order valence-electron chi connectivity index (χ4n) is 0.860. The van der Waals surface area contributed by atoms with Crippen molar-refractivity contribution in [2.24, 2.45) is 5.73 Å². The summed E-state index contributed by atoms with van der Waals surface area (Å²) >= 11 is 6.31. The standard InChI is InChI=1S/C9H8Br2N4O/c1-2-3-5(12)9(16)15-8-7(11)14-6(10)4-13-8/h1,4-5H,3,12H2,(H,13,15,16). The molecule has 0 aliphatic rings. The minimum atomic E-state index is -0.748. The molecule has 0 radical (unpaired) electrons. The maximum atomic E-state index is 11.5. The van der Waals surface area contributed by atoms with Gasteiger partial charge in [0.15, 0.2) is 5.82 Å². The second-order valence-electron chi connectivity index (χ2n) is 2.84. The molecular weight excluding hydrogens is 340 g/mol. The van der Waals surface area contributed by atoms with Gasteiger partial charge in [0.25, 0.3) is 0 Å². The molecule has 0 saturated carbocycles. The first-order chi connectivity index (χ1) is 7.54. The van der Waals surface area contributed by atoms with E-state index in [1.807, 2.05) is 0 Å². The predicted molar refractivity (Wildman–Crippen MR) is 67.5 cm³/mol. The van der Waals surface area contributed by atoms with Crippen LogP contribution in [0.4, 0.5) is 5.82 Å². The van der Waals surface area contributed by atoms with Crippen LogP contribution in [0.3, 0.4) is 0 Å². The average Bonchev–Trinajstić information content (AvgIpc) is 2.22. The Bertz CT molecular complexity index is 444. The summed E-state index contributed by atoms with van der Waals surface area (Å²) in [5.74, 6) is 2.23. The number of nitrogens with zero attached hydrogens (tertiary/aromatic N) is 2. The van der Waals surface area contributed by atoms with Crippen molar-refractivity contribution in [1.29, 1.82) is 0 Å². The Morgan fingerprint density at radius 1 is 1.69 bits per heavy atom. The largest absolute Gasteiger partial charge is 0.319 e. The average molecular weight is 348 g/mol. The number of hydrogen-bond acceptors (Lipinski definition) is 4. The molecule has 0 saturated heterocycles. The van der Waals surface area contributed by atoms with Gasteiger partial charge in [-0.25, -0.2) is 9.97 Å². The van der Waals surface area contributed by atoms with Crippen LogP contribution in [0.15, 0.2) is 15.4 Å². The van der Waals surface area contributed by atoms with Crippen molar-refractivity contribution in [3.8, 4) is 12.3 Å². The number of nitrogens with two attached hydrogens (primary N) is 1. The number of hydrogen-bond donors (Lipinski definition) is 2. The van der Waals surface area contributed by atoms with E-state index in [1.165, 1.54) is 6.20 Å². The highest BCUT2D eigenvalue weighted by Gasteiger charge is 2.14. The first-order valence-electron chi connectivity index (χ1n) is 4.22. The lowest BCUT2D eigenvalue weighted by molar-refractivity contribution is -0.117. The molecule has 3 N–H and O–H groups in total. The fraction of sp³-hybridized carbons (Fsp3) is 0.222. The Morgan fingerprint density at radius 2 is 2.38 bits per heavy atom. The van der Waals surface area contributed by atoms with Crippen LogP contribution in [0, 0.1) is 12.3 Å². The fourth-order valence-corrected chi connectivity index (χ4v) is 1.77. The van der Waals surface area contributed by atoms with E-state index in [2.05, 4.69) is 53.1 Å². The number of terminal acetylenes is 1. The summed E-state index contributed by atoms with van der Waals surface area (Å²) in [5.41, 5.74) is 5.53. The minimum absolute atomic E-state index is 0.174. The summed E-state index contributed by atoms with van der Waals surface area (Å²) in [6, 6.07) is -0.748. The maximum Gasteiger partial charge on any atom is 0.243 e. The molecule has 5 nitrogen and oxygen atoms in total. The Labute approximate surface area is 109 Å². The third-order valence-corrected chi connectivity index (χ3v) is 2.55. The van der Waals surface area contributed by atoms with Crippen LogP contribution < -0.4 is 11.1 Å². The zero-order chi connectivity index (χ0) is 12.1. The van der Waals surface area contributed by atoms with Crippen LogP contribution in [0.2, 0.25) is 0 Å². The minimum Gasteiger partial charge on any atom is -0.319 e. The lowest BCUT2D eigenvalue weighted by Gasteiger charge is -2.09. The summed E-state index contributed by atoms with van der Waals surface area (Å²) in [4.78, 5) is 19.5. The van der Waals surface area contributed by atoms with Gasteiger partial charge in [-0.1, -0.05) is 0 Å². The van der Waals surface area contributed by atoms with Gasteiger partial charge in [0.05, 0.1) is 12.2 Å². The van der Waals surface area contributed by atoms with Crippen LogP contribution in [0.1, 0.15) is 6.42 Å². The van der Waals surface area contributed by atoms with Crippen LogP contribution in [0.5, 0.6) is 0 Å². The van der Waals surface area contributed by atoms with Gasteiger partial charge in [0.2, 0.25) is 5.91 Å². The van der Waals surface area contributed by atoms with Gasteiger partial charge in [0.1, 0.15) is 9.21 Å². The van der Waals surface area contributed by atoms with Crippen molar-refractivity contribution in [2.45, 2.75) is 12.5 Å². The lowest BCUT2D eigenvalue weighted by Crippen LogP contribution is -2.35. The number of rotatable bonds is 3. The Hall–Kier alpha value is -0.970. The number of anilines is 1. The van der Waals surface area contributed by atoms with Gasteiger partial charge in [0, 0.05) is 6.42 Å². The molecule has 0 spiro atoms. The van der Waals surface area contributed by atoms with Crippen LogP contribution in [-0.4, -0.2) is 21.9 Å². The number of halogens is 2. The molecule has 1 unspecified atom stereocenters. The van der Waals surface area contributed by atoms with Gasteiger partial charge >= 0.3 is 0 Å². The number of carbonyl (C=O) groups is 1. The lowest BCUT2D eigenvalue weighted by atomic mass is 10.2. The van der Waals surface area contributed by atoms with Crippen molar-refractivity contribution >= 4 is 43.6 Å². The molecule has 1 aromatic rings. The molecule has 16 heavy (non-hydrogen) atoms. The highest BCUT2D eigenvalue weighted by Crippen LogP contribution is 2.19. The van der Waals surface area contributed by atoms with Crippen LogP contribution >= 0.6 is 31.9 Å². The van der Waals surface area contributed by atoms with E-state index in [1.54, 1.807) is 0 Å². The summed E-state index contributed by atoms with van der Waals surface area (Å²) < 4.78 is 0.980. The highest BCUT2D eigenvalue weighted by atomic mass is 79.9. The van der Waals surface area contributed by atoms with Crippen LogP contribution in [-0.2, 0) is 4.79 Å². The van der Waals surface area contributed by atoms with E-state index in [4.69, 9.17) is 12.2 Å². The monoisotopic (exact) mass is 346 g/mol. The Morgan fingerprint density at radius 3 is 2.94 bits per heavy atom. The molecule has 7 heteroatoms. The van der Waals surface area contributed by atoms with E-state index < -0.39 is 11.9 Å². The van der Waals surface area contributed by atoms with Crippen molar-refractivity contribution < 1.29 is 4.79 Å². The van der Waals surface area contributed by atoms with E-state index in [-0.39, 0.29) is 6.42 Å². The molecule has 0 aromatic carbocycles. The highest BCUT2D eigenvalue weighted by molar-refractivity contribution is 9.11. The normalized spacial score (nSPS) is 11.6. The zero-order valence-electron chi connectivity index (χ0n) is 8.08. The summed E-state index contributed by atoms with van der Waals surface area (Å²) in [5, 5.41) is 2.52. The number of amides is 1. The second kappa shape index (κ2) is 5.94. The van der Waals surface area contributed by atoms with Crippen molar-refractivity contribution in [1.82, 2.24) is 9.97 Å². The molecule has 0 bridgehead atoms. The molecule has 0 fully saturated rings. The van der Waals surface area contributed by atoms with Gasteiger partial charge in [-0.15, -0.1) is 12.3 Å². The zero-order valence-corrected chi connectivity index (χ0v) is 11.2. The number of carbonyl (C=O) groups excluding carboxylic acids is 1. The van der Waals surface area contributed by atoms with Gasteiger partial charge in [-0.05, 0) is 31.9 Å². The summed E-state index contributed by atoms with van der Waals surface area (Å²) in [6.07, 6.45) is 6.70. The van der Waals surface area contributed by atoms with Crippen molar-refractivity contribution in [3.05, 3.63) is 15.4 Å². The second-order valence-corrected chi connectivity index (χ2v) is 4.40. The van der Waals surface area contributed by atoms with E-state index in [9.17, 15) is 4.79 Å². The molecule has 1 rings (SSSR count). The molecule has 1 atom stereocenters. The van der Waals surface area contributed by atoms with Gasteiger partial charge in [-0.2, -0.15) is 0 Å². The maximum absolute atomic E-state index is 11.5. The molecule has 1 heterocycles. The molecule has 84 valence electrons. The number of aromatic nitrogens is 2. The first kappa shape index (κ1) is 13.1. The SMILES string of the molecule is C#CCC(N)C(=O)Nc1ncc(Br)nc1Br. The van der Waals surface area contributed by atoms with Crippen LogP contribution in [0.25, 0.3) is 0 Å². The Balaban J connectivity index is 2.74. The third kappa shape index (κ3) is 3.56. The molecule has 1 amide bonds. The smallest absolute Gasteiger partial charge is 0.243 e. The third-order valence-electron chi connectivity index (χ3n) is 1.62. The van der Waals surface area contributed by atoms with Crippen molar-refractivity contribution in [2.75, 3.05) is 5.32 Å². The van der Waals surface area contributed by atoms with Gasteiger partial charge < -0.3 is 11.1 Å². The quantitative estimate of drug-likeness (QED) is 0.807. The predicted octanol–water partition coefficient (Wildman–Crippen LogP) is 1.29. The van der Waals surface area contributed by atoms with Gasteiger partial charge in [-0.3, -0.25) is 4.79 Å². The topological polar surface area (TPSA) is 80.9 Å². The number of nitrogens with one attached hydrogen (secondary N) is 1.